The van der Waals surface area contributed by atoms with Crippen LogP contribution in [0.2, 0.25) is 0 Å². The molecule has 1 saturated heterocycles. The lowest BCUT2D eigenvalue weighted by Gasteiger charge is -2.30. The molecule has 1 aliphatic heterocycles. The molecule has 0 aliphatic carbocycles. The molecule has 7 nitrogen and oxygen atoms in total. The highest BCUT2D eigenvalue weighted by Crippen LogP contribution is 2.23. The number of guanidine groups is 1. The fourth-order valence-corrected chi connectivity index (χ4v) is 3.56. The molecule has 168 valence electrons. The minimum Gasteiger partial charge on any atom is -0.497 e. The first-order valence-electron chi connectivity index (χ1n) is 11.1. The van der Waals surface area contributed by atoms with E-state index in [4.69, 9.17) is 9.47 Å². The lowest BCUT2D eigenvalue weighted by molar-refractivity contribution is 0.191. The van der Waals surface area contributed by atoms with Gasteiger partial charge in [-0.3, -0.25) is 4.99 Å². The van der Waals surface area contributed by atoms with Crippen molar-refractivity contribution >= 4 is 5.96 Å². The van der Waals surface area contributed by atoms with Gasteiger partial charge in [-0.1, -0.05) is 19.1 Å². The van der Waals surface area contributed by atoms with E-state index in [1.807, 2.05) is 42.6 Å². The first kappa shape index (κ1) is 22.9. The highest BCUT2D eigenvalue weighted by atomic mass is 16.5. The standard InChI is InChI=1S/C24H35N5O2/c1-19-10-14-29(15-11-19)13-5-12-26-24(25-2)28-18-20-8-9-23(27-17-20)31-22-7-4-6-21(16-22)30-3/h4,6-9,16-17,19H,5,10-15,18H2,1-3H3,(H2,25,26,28). The molecule has 2 heterocycles. The summed E-state index contributed by atoms with van der Waals surface area (Å²) in [5.41, 5.74) is 1.06. The fraction of sp³-hybridized carbons (Fsp3) is 0.500. The Bertz CT molecular complexity index is 817. The monoisotopic (exact) mass is 425 g/mol. The highest BCUT2D eigenvalue weighted by Gasteiger charge is 2.14. The molecule has 0 saturated carbocycles. The minimum absolute atomic E-state index is 0.548. The van der Waals surface area contributed by atoms with E-state index in [1.54, 1.807) is 14.2 Å². The molecular weight excluding hydrogens is 390 g/mol. The Labute approximate surface area is 185 Å². The van der Waals surface area contributed by atoms with Gasteiger partial charge in [-0.25, -0.2) is 4.98 Å². The molecule has 0 amide bonds. The molecule has 7 heteroatoms. The molecule has 31 heavy (non-hydrogen) atoms. The van der Waals surface area contributed by atoms with Crippen molar-refractivity contribution in [3.63, 3.8) is 0 Å². The molecule has 2 N–H and O–H groups in total. The number of likely N-dealkylation sites (tertiary alicyclic amines) is 1. The van der Waals surface area contributed by atoms with Crippen molar-refractivity contribution in [1.29, 1.82) is 0 Å². The molecule has 1 aromatic carbocycles. The zero-order chi connectivity index (χ0) is 21.9. The predicted octanol–water partition coefficient (Wildman–Crippen LogP) is 3.67. The topological polar surface area (TPSA) is 71.0 Å². The highest BCUT2D eigenvalue weighted by molar-refractivity contribution is 5.79. The molecule has 0 bridgehead atoms. The average Bonchev–Trinajstić information content (AvgIpc) is 2.81. The second-order valence-electron chi connectivity index (χ2n) is 8.02. The van der Waals surface area contributed by atoms with Crippen LogP contribution in [0, 0.1) is 5.92 Å². The van der Waals surface area contributed by atoms with Crippen LogP contribution in [0.1, 0.15) is 31.7 Å². The fourth-order valence-electron chi connectivity index (χ4n) is 3.56. The second kappa shape index (κ2) is 12.2. The van der Waals surface area contributed by atoms with E-state index >= 15 is 0 Å². The van der Waals surface area contributed by atoms with Crippen LogP contribution in [-0.2, 0) is 6.54 Å². The van der Waals surface area contributed by atoms with Crippen molar-refractivity contribution in [2.24, 2.45) is 10.9 Å². The number of pyridine rings is 1. The van der Waals surface area contributed by atoms with E-state index in [9.17, 15) is 0 Å². The first-order chi connectivity index (χ1) is 15.2. The van der Waals surface area contributed by atoms with Gasteiger partial charge in [-0.05, 0) is 62.5 Å². The van der Waals surface area contributed by atoms with Crippen LogP contribution in [-0.4, -0.2) is 56.2 Å². The van der Waals surface area contributed by atoms with Gasteiger partial charge in [-0.2, -0.15) is 0 Å². The average molecular weight is 426 g/mol. The van der Waals surface area contributed by atoms with Crippen LogP contribution in [0.4, 0.5) is 0 Å². The summed E-state index contributed by atoms with van der Waals surface area (Å²) in [5, 5.41) is 6.74. The molecule has 0 atom stereocenters. The van der Waals surface area contributed by atoms with Gasteiger partial charge in [-0.15, -0.1) is 0 Å². The lowest BCUT2D eigenvalue weighted by Crippen LogP contribution is -2.39. The van der Waals surface area contributed by atoms with Gasteiger partial charge in [0.15, 0.2) is 5.96 Å². The Hall–Kier alpha value is -2.80. The number of rotatable bonds is 9. The third-order valence-corrected chi connectivity index (χ3v) is 5.56. The van der Waals surface area contributed by atoms with Crippen molar-refractivity contribution in [2.75, 3.05) is 40.3 Å². The van der Waals surface area contributed by atoms with Crippen LogP contribution >= 0.6 is 0 Å². The number of nitrogens with one attached hydrogen (secondary N) is 2. The van der Waals surface area contributed by atoms with Crippen LogP contribution in [0.25, 0.3) is 0 Å². The van der Waals surface area contributed by atoms with E-state index in [1.165, 1.54) is 25.9 Å². The minimum atomic E-state index is 0.548. The van der Waals surface area contributed by atoms with Gasteiger partial charge in [0, 0.05) is 38.5 Å². The van der Waals surface area contributed by atoms with Crippen LogP contribution < -0.4 is 20.1 Å². The van der Waals surface area contributed by atoms with Crippen LogP contribution in [0.5, 0.6) is 17.4 Å². The molecular formula is C24H35N5O2. The number of nitrogens with zero attached hydrogens (tertiary/aromatic N) is 3. The molecule has 3 rings (SSSR count). The summed E-state index contributed by atoms with van der Waals surface area (Å²) < 4.78 is 11.0. The zero-order valence-corrected chi connectivity index (χ0v) is 18.9. The van der Waals surface area contributed by atoms with E-state index in [2.05, 4.69) is 32.4 Å². The zero-order valence-electron chi connectivity index (χ0n) is 18.9. The van der Waals surface area contributed by atoms with Gasteiger partial charge in [0.2, 0.25) is 5.88 Å². The number of hydrogen-bond acceptors (Lipinski definition) is 5. The maximum Gasteiger partial charge on any atom is 0.219 e. The number of methoxy groups -OCH3 is 1. The summed E-state index contributed by atoms with van der Waals surface area (Å²) >= 11 is 0. The summed E-state index contributed by atoms with van der Waals surface area (Å²) in [4.78, 5) is 11.3. The normalized spacial score (nSPS) is 15.5. The smallest absolute Gasteiger partial charge is 0.219 e. The Balaban J connectivity index is 1.37. The summed E-state index contributed by atoms with van der Waals surface area (Å²) in [6, 6.07) is 11.3. The number of ether oxygens (including phenoxy) is 2. The molecule has 2 aromatic rings. The third kappa shape index (κ3) is 7.75. The lowest BCUT2D eigenvalue weighted by atomic mass is 9.99. The van der Waals surface area contributed by atoms with Gasteiger partial charge < -0.3 is 25.0 Å². The van der Waals surface area contributed by atoms with Crippen molar-refractivity contribution in [2.45, 2.75) is 32.7 Å². The second-order valence-corrected chi connectivity index (χ2v) is 8.02. The summed E-state index contributed by atoms with van der Waals surface area (Å²) in [5.74, 6) is 3.69. The molecule has 1 aromatic heterocycles. The van der Waals surface area contributed by atoms with Crippen molar-refractivity contribution in [3.05, 3.63) is 48.2 Å². The maximum absolute atomic E-state index is 5.79. The first-order valence-corrected chi connectivity index (χ1v) is 11.1. The third-order valence-electron chi connectivity index (χ3n) is 5.56. The number of aromatic nitrogens is 1. The van der Waals surface area contributed by atoms with E-state index < -0.39 is 0 Å². The van der Waals surface area contributed by atoms with Crippen molar-refractivity contribution < 1.29 is 9.47 Å². The molecule has 0 radical (unpaired) electrons. The van der Waals surface area contributed by atoms with Gasteiger partial charge in [0.25, 0.3) is 0 Å². The predicted molar refractivity (Wildman–Crippen MR) is 125 cm³/mol. The Morgan fingerprint density at radius 1 is 1.16 bits per heavy atom. The van der Waals surface area contributed by atoms with Gasteiger partial charge >= 0.3 is 0 Å². The van der Waals surface area contributed by atoms with Crippen LogP contribution in [0.15, 0.2) is 47.6 Å². The van der Waals surface area contributed by atoms with E-state index in [0.29, 0.717) is 18.2 Å². The summed E-state index contributed by atoms with van der Waals surface area (Å²) in [6.07, 6.45) is 5.59. The summed E-state index contributed by atoms with van der Waals surface area (Å²) in [7, 11) is 3.43. The van der Waals surface area contributed by atoms with Gasteiger partial charge in [0.1, 0.15) is 11.5 Å². The largest absolute Gasteiger partial charge is 0.497 e. The van der Waals surface area contributed by atoms with Gasteiger partial charge in [0.05, 0.1) is 7.11 Å². The molecule has 0 unspecified atom stereocenters. The Morgan fingerprint density at radius 3 is 2.68 bits per heavy atom. The van der Waals surface area contributed by atoms with Crippen molar-refractivity contribution in [1.82, 2.24) is 20.5 Å². The molecule has 1 aliphatic rings. The SMILES string of the molecule is CN=C(NCCCN1CCC(C)CC1)NCc1ccc(Oc2cccc(OC)c2)nc1. The Kier molecular flexibility index (Phi) is 8.97. The number of aliphatic imine (C=N–C) groups is 1. The summed E-state index contributed by atoms with van der Waals surface area (Å²) in [6.45, 7) is 7.53. The quantitative estimate of drug-likeness (QED) is 0.363. The van der Waals surface area contributed by atoms with Crippen molar-refractivity contribution in [3.8, 4) is 17.4 Å². The number of benzene rings is 1. The maximum atomic E-state index is 5.79. The van der Waals surface area contributed by atoms with E-state index in [0.717, 1.165) is 42.7 Å². The Morgan fingerprint density at radius 2 is 1.97 bits per heavy atom. The van der Waals surface area contributed by atoms with Crippen LogP contribution in [0.3, 0.4) is 0 Å². The molecule has 1 fully saturated rings. The van der Waals surface area contributed by atoms with E-state index in [-0.39, 0.29) is 0 Å². The number of piperidine rings is 1. The molecule has 0 spiro atoms. The number of hydrogen-bond donors (Lipinski definition) is 2.